The second kappa shape index (κ2) is 7.72. The molecule has 0 saturated heterocycles. The van der Waals surface area contributed by atoms with Crippen molar-refractivity contribution in [3.8, 4) is 5.75 Å². The third-order valence-corrected chi connectivity index (χ3v) is 5.67. The van der Waals surface area contributed by atoms with Crippen molar-refractivity contribution in [3.63, 3.8) is 0 Å². The molecule has 1 aliphatic heterocycles. The standard InChI is InChI=1S/C23H21IN2O/c1-16-22(17-8-14-21(27-2)15-9-17)25-23(18-6-4-3-5-7-18)26(16)20-12-10-19(24)11-13-20/h3-16,23H,1-2H3. The Morgan fingerprint density at radius 1 is 0.889 bits per heavy atom. The van der Waals surface area contributed by atoms with E-state index < -0.39 is 0 Å². The summed E-state index contributed by atoms with van der Waals surface area (Å²) in [6, 6.07) is 27.5. The SMILES string of the molecule is COc1ccc(C2=NC(c3ccccc3)N(c3ccc(I)cc3)C2C)cc1. The van der Waals surface area contributed by atoms with Crippen LogP contribution in [0.4, 0.5) is 5.69 Å². The summed E-state index contributed by atoms with van der Waals surface area (Å²) >= 11 is 2.34. The Morgan fingerprint density at radius 2 is 1.56 bits per heavy atom. The summed E-state index contributed by atoms with van der Waals surface area (Å²) in [7, 11) is 1.69. The Kier molecular flexibility index (Phi) is 5.16. The molecular formula is C23H21IN2O. The van der Waals surface area contributed by atoms with E-state index in [2.05, 4.69) is 95.1 Å². The predicted octanol–water partition coefficient (Wildman–Crippen LogP) is 5.70. The van der Waals surface area contributed by atoms with Crippen molar-refractivity contribution in [2.75, 3.05) is 12.0 Å². The van der Waals surface area contributed by atoms with Crippen molar-refractivity contribution < 1.29 is 4.74 Å². The molecule has 0 spiro atoms. The monoisotopic (exact) mass is 468 g/mol. The summed E-state index contributed by atoms with van der Waals surface area (Å²) in [5, 5.41) is 0. The molecule has 3 aromatic carbocycles. The molecule has 0 bridgehead atoms. The van der Waals surface area contributed by atoms with Crippen molar-refractivity contribution in [2.24, 2.45) is 4.99 Å². The number of hydrogen-bond acceptors (Lipinski definition) is 3. The van der Waals surface area contributed by atoms with Crippen LogP contribution in [-0.2, 0) is 0 Å². The van der Waals surface area contributed by atoms with E-state index in [0.717, 1.165) is 17.0 Å². The highest BCUT2D eigenvalue weighted by Gasteiger charge is 2.35. The molecule has 27 heavy (non-hydrogen) atoms. The van der Waals surface area contributed by atoms with Crippen LogP contribution in [0.5, 0.6) is 5.75 Å². The van der Waals surface area contributed by atoms with E-state index in [1.807, 2.05) is 18.2 Å². The van der Waals surface area contributed by atoms with Gasteiger partial charge in [-0.1, -0.05) is 30.3 Å². The number of nitrogens with zero attached hydrogens (tertiary/aromatic N) is 2. The van der Waals surface area contributed by atoms with Crippen LogP contribution in [0, 0.1) is 3.57 Å². The number of anilines is 1. The minimum atomic E-state index is -0.0293. The Labute approximate surface area is 173 Å². The van der Waals surface area contributed by atoms with Crippen molar-refractivity contribution in [3.05, 3.63) is 93.6 Å². The molecule has 0 saturated carbocycles. The van der Waals surface area contributed by atoms with E-state index in [4.69, 9.17) is 9.73 Å². The number of halogens is 1. The van der Waals surface area contributed by atoms with Gasteiger partial charge in [0, 0.05) is 9.26 Å². The summed E-state index contributed by atoms with van der Waals surface area (Å²) in [5.74, 6) is 0.860. The van der Waals surface area contributed by atoms with E-state index in [1.54, 1.807) is 7.11 Å². The molecular weight excluding hydrogens is 447 g/mol. The largest absolute Gasteiger partial charge is 0.497 e. The summed E-state index contributed by atoms with van der Waals surface area (Å²) in [4.78, 5) is 7.54. The second-order valence-electron chi connectivity index (χ2n) is 6.59. The average Bonchev–Trinajstić information content (AvgIpc) is 3.06. The maximum atomic E-state index is 5.30. The first kappa shape index (κ1) is 18.0. The Bertz CT molecular complexity index is 936. The summed E-state index contributed by atoms with van der Waals surface area (Å²) in [6.07, 6.45) is -0.0293. The normalized spacial score (nSPS) is 19.1. The van der Waals surface area contributed by atoms with Gasteiger partial charge in [0.1, 0.15) is 11.9 Å². The molecule has 136 valence electrons. The minimum Gasteiger partial charge on any atom is -0.497 e. The first-order valence-corrected chi connectivity index (χ1v) is 10.1. The quantitative estimate of drug-likeness (QED) is 0.460. The van der Waals surface area contributed by atoms with E-state index in [1.165, 1.54) is 14.8 Å². The van der Waals surface area contributed by atoms with Gasteiger partial charge in [0.05, 0.1) is 18.9 Å². The lowest BCUT2D eigenvalue weighted by molar-refractivity contribution is 0.415. The van der Waals surface area contributed by atoms with Crippen molar-refractivity contribution in [1.82, 2.24) is 0 Å². The zero-order valence-electron chi connectivity index (χ0n) is 15.3. The lowest BCUT2D eigenvalue weighted by Crippen LogP contribution is -2.35. The lowest BCUT2D eigenvalue weighted by Gasteiger charge is -2.30. The molecule has 4 heteroatoms. The van der Waals surface area contributed by atoms with Crippen LogP contribution in [-0.4, -0.2) is 18.9 Å². The molecule has 0 amide bonds. The summed E-state index contributed by atoms with van der Waals surface area (Å²) in [6.45, 7) is 2.23. The first-order chi connectivity index (χ1) is 13.2. The number of rotatable bonds is 4. The van der Waals surface area contributed by atoms with Crippen LogP contribution >= 0.6 is 22.6 Å². The molecule has 2 atom stereocenters. The number of hydrogen-bond donors (Lipinski definition) is 0. The Morgan fingerprint density at radius 3 is 2.19 bits per heavy atom. The van der Waals surface area contributed by atoms with Gasteiger partial charge >= 0.3 is 0 Å². The highest BCUT2D eigenvalue weighted by molar-refractivity contribution is 14.1. The zero-order valence-corrected chi connectivity index (χ0v) is 17.5. The molecule has 0 aliphatic carbocycles. The van der Waals surface area contributed by atoms with Crippen LogP contribution in [0.15, 0.2) is 83.9 Å². The molecule has 0 radical (unpaired) electrons. The van der Waals surface area contributed by atoms with Crippen molar-refractivity contribution in [2.45, 2.75) is 19.1 Å². The number of benzene rings is 3. The van der Waals surface area contributed by atoms with E-state index in [-0.39, 0.29) is 12.2 Å². The summed E-state index contributed by atoms with van der Waals surface area (Å²) in [5.41, 5.74) is 4.62. The van der Waals surface area contributed by atoms with Gasteiger partial charge in [0.2, 0.25) is 0 Å². The van der Waals surface area contributed by atoms with Crippen LogP contribution in [0.1, 0.15) is 24.2 Å². The highest BCUT2D eigenvalue weighted by Crippen LogP contribution is 2.37. The number of ether oxygens (including phenoxy) is 1. The van der Waals surface area contributed by atoms with Gasteiger partial charge in [-0.2, -0.15) is 0 Å². The maximum Gasteiger partial charge on any atom is 0.148 e. The smallest absolute Gasteiger partial charge is 0.148 e. The van der Waals surface area contributed by atoms with Crippen LogP contribution in [0.2, 0.25) is 0 Å². The summed E-state index contributed by atoms with van der Waals surface area (Å²) < 4.78 is 6.53. The lowest BCUT2D eigenvalue weighted by atomic mass is 10.0. The van der Waals surface area contributed by atoms with Gasteiger partial charge in [-0.05, 0) is 89.2 Å². The topological polar surface area (TPSA) is 24.8 Å². The molecule has 0 fully saturated rings. The molecule has 1 heterocycles. The van der Waals surface area contributed by atoms with Gasteiger partial charge in [-0.3, -0.25) is 4.99 Å². The van der Waals surface area contributed by atoms with Gasteiger partial charge < -0.3 is 9.64 Å². The number of aliphatic imine (C=N–C) groups is 1. The van der Waals surface area contributed by atoms with Crippen molar-refractivity contribution in [1.29, 1.82) is 0 Å². The number of methoxy groups -OCH3 is 1. The fourth-order valence-electron chi connectivity index (χ4n) is 3.56. The van der Waals surface area contributed by atoms with Gasteiger partial charge in [-0.15, -0.1) is 0 Å². The fourth-order valence-corrected chi connectivity index (χ4v) is 3.92. The molecule has 4 rings (SSSR count). The van der Waals surface area contributed by atoms with Gasteiger partial charge in [0.15, 0.2) is 0 Å². The average molecular weight is 468 g/mol. The second-order valence-corrected chi connectivity index (χ2v) is 7.83. The maximum absolute atomic E-state index is 5.30. The Balaban J connectivity index is 1.77. The van der Waals surface area contributed by atoms with E-state index in [0.29, 0.717) is 0 Å². The van der Waals surface area contributed by atoms with Gasteiger partial charge in [-0.25, -0.2) is 0 Å². The first-order valence-electron chi connectivity index (χ1n) is 8.98. The van der Waals surface area contributed by atoms with Crippen molar-refractivity contribution >= 4 is 34.0 Å². The van der Waals surface area contributed by atoms with E-state index >= 15 is 0 Å². The fraction of sp³-hybridized carbons (Fsp3) is 0.174. The third kappa shape index (κ3) is 3.58. The molecule has 0 N–H and O–H groups in total. The predicted molar refractivity (Wildman–Crippen MR) is 120 cm³/mol. The van der Waals surface area contributed by atoms with Crippen LogP contribution in [0.25, 0.3) is 0 Å². The van der Waals surface area contributed by atoms with Gasteiger partial charge in [0.25, 0.3) is 0 Å². The zero-order chi connectivity index (χ0) is 18.8. The van der Waals surface area contributed by atoms with Crippen LogP contribution < -0.4 is 9.64 Å². The van der Waals surface area contributed by atoms with E-state index in [9.17, 15) is 0 Å². The minimum absolute atomic E-state index is 0.0293. The molecule has 3 nitrogen and oxygen atoms in total. The molecule has 1 aliphatic rings. The third-order valence-electron chi connectivity index (χ3n) is 4.95. The van der Waals surface area contributed by atoms with Crippen LogP contribution in [0.3, 0.4) is 0 Å². The molecule has 3 aromatic rings. The Hall–Kier alpha value is -2.34. The highest BCUT2D eigenvalue weighted by atomic mass is 127. The molecule has 2 unspecified atom stereocenters. The molecule has 0 aromatic heterocycles.